The van der Waals surface area contributed by atoms with Gasteiger partial charge in [0.05, 0.1) is 23.4 Å². The van der Waals surface area contributed by atoms with Crippen molar-refractivity contribution in [2.24, 2.45) is 5.92 Å². The van der Waals surface area contributed by atoms with Crippen LogP contribution in [0.5, 0.6) is 5.75 Å². The van der Waals surface area contributed by atoms with Crippen LogP contribution < -0.4 is 21.1 Å². The van der Waals surface area contributed by atoms with Crippen molar-refractivity contribution in [2.45, 2.75) is 25.3 Å². The third kappa shape index (κ3) is 3.77. The summed E-state index contributed by atoms with van der Waals surface area (Å²) in [6, 6.07) is 2.56. The lowest BCUT2D eigenvalue weighted by Crippen LogP contribution is -2.54. The van der Waals surface area contributed by atoms with E-state index in [4.69, 9.17) is 22.1 Å². The minimum atomic E-state index is -0.936. The largest absolute Gasteiger partial charge is 0.496 e. The molecule has 0 bridgehead atoms. The van der Waals surface area contributed by atoms with Crippen LogP contribution in [0.1, 0.15) is 30.1 Å². The minimum Gasteiger partial charge on any atom is -0.496 e. The molecule has 2 heterocycles. The molecule has 2 saturated heterocycles. The highest BCUT2D eigenvalue weighted by atomic mass is 35.5. The number of nitrogens with two attached hydrogens (primary N) is 1. The molecule has 2 aliphatic heterocycles. The lowest BCUT2D eigenvalue weighted by atomic mass is 9.79. The molecule has 4 amide bonds. The second kappa shape index (κ2) is 7.82. The summed E-state index contributed by atoms with van der Waals surface area (Å²) in [7, 11) is 1.47. The Kier molecular flexibility index (Phi) is 6.11. The van der Waals surface area contributed by atoms with E-state index in [0.717, 1.165) is 0 Å². The molecule has 3 rings (SSSR count). The van der Waals surface area contributed by atoms with Crippen molar-refractivity contribution >= 4 is 47.5 Å². The molecule has 2 fully saturated rings. The first-order valence-corrected chi connectivity index (χ1v) is 8.70. The molecule has 1 aromatic rings. The number of carbonyl (C=O) groups excluding carboxylic acids is 3. The first-order valence-electron chi connectivity index (χ1n) is 8.32. The summed E-state index contributed by atoms with van der Waals surface area (Å²) in [6.45, 7) is 2.65. The van der Waals surface area contributed by atoms with Crippen LogP contribution in [0.15, 0.2) is 12.1 Å². The second-order valence-electron chi connectivity index (χ2n) is 6.75. The van der Waals surface area contributed by atoms with E-state index in [1.165, 1.54) is 19.2 Å². The number of hydrogen-bond acceptors (Lipinski definition) is 5. The van der Waals surface area contributed by atoms with E-state index >= 15 is 0 Å². The summed E-state index contributed by atoms with van der Waals surface area (Å²) in [4.78, 5) is 38.1. The van der Waals surface area contributed by atoms with E-state index < -0.39 is 11.6 Å². The number of likely N-dealkylation sites (tertiary alicyclic amines) is 1. The zero-order valence-corrected chi connectivity index (χ0v) is 16.6. The first kappa shape index (κ1) is 21.1. The Balaban J connectivity index is 0.00000261. The number of nitrogen functional groups attached to an aromatic ring is 1. The van der Waals surface area contributed by atoms with Crippen LogP contribution in [0.3, 0.4) is 0 Å². The molecule has 0 aliphatic carbocycles. The maximum atomic E-state index is 12.9. The molecule has 0 radical (unpaired) electrons. The van der Waals surface area contributed by atoms with Crippen molar-refractivity contribution in [1.82, 2.24) is 15.5 Å². The number of halogens is 2. The quantitative estimate of drug-likeness (QED) is 0.513. The molecule has 148 valence electrons. The van der Waals surface area contributed by atoms with Gasteiger partial charge >= 0.3 is 6.03 Å². The van der Waals surface area contributed by atoms with Crippen LogP contribution in [-0.2, 0) is 4.79 Å². The molecule has 8 nitrogen and oxygen atoms in total. The molecule has 1 atom stereocenters. The van der Waals surface area contributed by atoms with Crippen LogP contribution in [-0.4, -0.2) is 48.5 Å². The molecule has 0 saturated carbocycles. The Morgan fingerprint density at radius 1 is 1.33 bits per heavy atom. The Labute approximate surface area is 168 Å². The van der Waals surface area contributed by atoms with Gasteiger partial charge in [-0.3, -0.25) is 14.9 Å². The molecule has 0 spiro atoms. The first-order chi connectivity index (χ1) is 12.3. The number of carbonyl (C=O) groups is 3. The Bertz CT molecular complexity index is 780. The van der Waals surface area contributed by atoms with Crippen LogP contribution in [0.4, 0.5) is 10.5 Å². The van der Waals surface area contributed by atoms with E-state index in [0.29, 0.717) is 48.0 Å². The number of imide groups is 1. The van der Waals surface area contributed by atoms with Crippen LogP contribution in [0, 0.1) is 5.92 Å². The number of benzene rings is 1. The number of piperidine rings is 1. The second-order valence-corrected chi connectivity index (χ2v) is 7.16. The Morgan fingerprint density at radius 2 is 1.96 bits per heavy atom. The van der Waals surface area contributed by atoms with Crippen molar-refractivity contribution < 1.29 is 19.1 Å². The van der Waals surface area contributed by atoms with E-state index in [1.807, 2.05) is 0 Å². The fourth-order valence-corrected chi connectivity index (χ4v) is 3.74. The van der Waals surface area contributed by atoms with Crippen LogP contribution >= 0.6 is 24.0 Å². The molecule has 4 N–H and O–H groups in total. The van der Waals surface area contributed by atoms with E-state index in [1.54, 1.807) is 11.8 Å². The SMILES string of the molecule is COc1cc(N)c(Cl)cc1C(=O)N1CCC(C2(C)NC(=O)NC2=O)CC1.Cl. The number of nitrogens with zero attached hydrogens (tertiary/aromatic N) is 1. The number of anilines is 1. The van der Waals surface area contributed by atoms with Gasteiger partial charge in [0.25, 0.3) is 11.8 Å². The number of ether oxygens (including phenoxy) is 1. The fraction of sp³-hybridized carbons (Fsp3) is 0.471. The zero-order chi connectivity index (χ0) is 19.1. The summed E-state index contributed by atoms with van der Waals surface area (Å²) < 4.78 is 5.25. The summed E-state index contributed by atoms with van der Waals surface area (Å²) in [5.74, 6) is -0.199. The number of methoxy groups -OCH3 is 1. The highest BCUT2D eigenvalue weighted by Crippen LogP contribution is 2.33. The number of urea groups is 1. The van der Waals surface area contributed by atoms with Gasteiger partial charge < -0.3 is 20.7 Å². The monoisotopic (exact) mass is 416 g/mol. The molecular weight excluding hydrogens is 395 g/mol. The van der Waals surface area contributed by atoms with Crippen molar-refractivity contribution in [1.29, 1.82) is 0 Å². The molecule has 2 aliphatic rings. The molecule has 10 heteroatoms. The van der Waals surface area contributed by atoms with Crippen LogP contribution in [0.25, 0.3) is 0 Å². The van der Waals surface area contributed by atoms with Crippen molar-refractivity contribution in [3.05, 3.63) is 22.7 Å². The standard InChI is InChI=1S/C17H21ClN4O4.ClH/c1-17(15(24)20-16(25)21-17)9-3-5-22(6-4-9)14(23)10-7-11(18)12(19)8-13(10)26-2;/h7-9H,3-6,19H2,1-2H3,(H2,20,21,24,25);1H. The van der Waals surface area contributed by atoms with E-state index in [9.17, 15) is 14.4 Å². The fourth-order valence-electron chi connectivity index (χ4n) is 3.58. The van der Waals surface area contributed by atoms with E-state index in [-0.39, 0.29) is 30.1 Å². The summed E-state index contributed by atoms with van der Waals surface area (Å²) >= 11 is 6.05. The predicted molar refractivity (Wildman–Crippen MR) is 103 cm³/mol. The minimum absolute atomic E-state index is 0. The molecule has 1 aromatic carbocycles. The summed E-state index contributed by atoms with van der Waals surface area (Å²) in [5, 5.41) is 5.27. The van der Waals surface area contributed by atoms with Gasteiger partial charge in [-0.05, 0) is 31.7 Å². The molecule has 27 heavy (non-hydrogen) atoms. The van der Waals surface area contributed by atoms with Gasteiger partial charge in [-0.2, -0.15) is 0 Å². The molecular formula is C17H22Cl2N4O4. The topological polar surface area (TPSA) is 114 Å². The predicted octanol–water partition coefficient (Wildman–Crippen LogP) is 1.80. The van der Waals surface area contributed by atoms with Gasteiger partial charge in [0, 0.05) is 19.2 Å². The van der Waals surface area contributed by atoms with Gasteiger partial charge in [0.2, 0.25) is 0 Å². The number of rotatable bonds is 3. The molecule has 0 aromatic heterocycles. The number of nitrogens with one attached hydrogen (secondary N) is 2. The lowest BCUT2D eigenvalue weighted by molar-refractivity contribution is -0.125. The average molecular weight is 417 g/mol. The highest BCUT2D eigenvalue weighted by molar-refractivity contribution is 6.33. The highest BCUT2D eigenvalue weighted by Gasteiger charge is 2.48. The number of amides is 4. The maximum absolute atomic E-state index is 12.9. The normalized spacial score (nSPS) is 22.7. The third-order valence-corrected chi connectivity index (χ3v) is 5.55. The van der Waals surface area contributed by atoms with Crippen molar-refractivity contribution in [2.75, 3.05) is 25.9 Å². The van der Waals surface area contributed by atoms with Gasteiger partial charge in [0.15, 0.2) is 0 Å². The molecule has 1 unspecified atom stereocenters. The van der Waals surface area contributed by atoms with Gasteiger partial charge in [-0.1, -0.05) is 11.6 Å². The van der Waals surface area contributed by atoms with Crippen LogP contribution in [0.2, 0.25) is 5.02 Å². The Morgan fingerprint density at radius 3 is 2.48 bits per heavy atom. The lowest BCUT2D eigenvalue weighted by Gasteiger charge is -2.38. The summed E-state index contributed by atoms with van der Waals surface area (Å²) in [5.41, 5.74) is 5.52. The summed E-state index contributed by atoms with van der Waals surface area (Å²) in [6.07, 6.45) is 1.20. The Hall–Kier alpha value is -2.19. The number of hydrogen-bond donors (Lipinski definition) is 3. The smallest absolute Gasteiger partial charge is 0.322 e. The maximum Gasteiger partial charge on any atom is 0.322 e. The van der Waals surface area contributed by atoms with E-state index in [2.05, 4.69) is 10.6 Å². The zero-order valence-electron chi connectivity index (χ0n) is 15.0. The van der Waals surface area contributed by atoms with Gasteiger partial charge in [-0.15, -0.1) is 12.4 Å². The third-order valence-electron chi connectivity index (χ3n) is 5.22. The van der Waals surface area contributed by atoms with Gasteiger partial charge in [-0.25, -0.2) is 4.79 Å². The van der Waals surface area contributed by atoms with Crippen molar-refractivity contribution in [3.8, 4) is 5.75 Å². The van der Waals surface area contributed by atoms with Gasteiger partial charge in [0.1, 0.15) is 11.3 Å². The van der Waals surface area contributed by atoms with Crippen molar-refractivity contribution in [3.63, 3.8) is 0 Å². The average Bonchev–Trinajstić information content (AvgIpc) is 2.89.